The van der Waals surface area contributed by atoms with Crippen LogP contribution in [0.4, 0.5) is 0 Å². The molecule has 0 spiro atoms. The molecular weight excluding hydrogens is 296 g/mol. The Morgan fingerprint density at radius 2 is 2.24 bits per heavy atom. The Morgan fingerprint density at radius 3 is 3.05 bits per heavy atom. The number of hydrogen-bond donors (Lipinski definition) is 1. The van der Waals surface area contributed by atoms with E-state index in [0.717, 1.165) is 0 Å². The molecule has 0 saturated heterocycles. The maximum absolute atomic E-state index is 10.6. The van der Waals surface area contributed by atoms with Gasteiger partial charge in [0, 0.05) is 7.11 Å². The molecule has 21 heavy (non-hydrogen) atoms. The zero-order chi connectivity index (χ0) is 14.8. The molecule has 6 nitrogen and oxygen atoms in total. The summed E-state index contributed by atoms with van der Waals surface area (Å²) >= 11 is 6.15. The molecule has 1 N–H and O–H groups in total. The van der Waals surface area contributed by atoms with Crippen molar-refractivity contribution in [3.8, 4) is 11.5 Å². The highest BCUT2D eigenvalue weighted by Crippen LogP contribution is 2.36. The number of nitrogens with zero attached hydrogens (tertiary/aromatic N) is 2. The van der Waals surface area contributed by atoms with E-state index in [1.54, 1.807) is 30.0 Å². The largest absolute Gasteiger partial charge is 0.454 e. The minimum Gasteiger partial charge on any atom is -0.454 e. The molecule has 0 saturated carbocycles. The van der Waals surface area contributed by atoms with Crippen LogP contribution < -0.4 is 9.47 Å². The van der Waals surface area contributed by atoms with E-state index >= 15 is 0 Å². The molecule has 1 aliphatic rings. The Balaban J connectivity index is 1.91. The molecule has 1 aromatic carbocycles. The molecule has 1 aromatic heterocycles. The first-order valence-corrected chi connectivity index (χ1v) is 6.86. The molecule has 3 rings (SSSR count). The molecule has 0 radical (unpaired) electrons. The second-order valence-electron chi connectivity index (χ2n) is 4.61. The maximum Gasteiger partial charge on any atom is 0.231 e. The Kier molecular flexibility index (Phi) is 4.01. The average molecular weight is 311 g/mol. The Labute approximate surface area is 126 Å². The standard InChI is InChI=1S/C14H15ClN2O4/c1-19-5-4-17-13(10(15)7-16-17)14(18)9-2-3-11-12(6-9)21-8-20-11/h2-3,6-7,14,18H,4-5,8H2,1H3. The summed E-state index contributed by atoms with van der Waals surface area (Å²) in [6, 6.07) is 5.30. The molecule has 2 heterocycles. The topological polar surface area (TPSA) is 65.7 Å². The van der Waals surface area contributed by atoms with Crippen LogP contribution in [0, 0.1) is 0 Å². The van der Waals surface area contributed by atoms with Crippen LogP contribution >= 0.6 is 11.6 Å². The van der Waals surface area contributed by atoms with Crippen LogP contribution in [0.5, 0.6) is 11.5 Å². The highest BCUT2D eigenvalue weighted by molar-refractivity contribution is 6.31. The lowest BCUT2D eigenvalue weighted by atomic mass is 10.1. The van der Waals surface area contributed by atoms with Crippen LogP contribution in [0.25, 0.3) is 0 Å². The molecular formula is C14H15ClN2O4. The third-order valence-electron chi connectivity index (χ3n) is 3.31. The number of benzene rings is 1. The maximum atomic E-state index is 10.6. The van der Waals surface area contributed by atoms with Crippen LogP contribution in [-0.2, 0) is 11.3 Å². The Morgan fingerprint density at radius 1 is 1.43 bits per heavy atom. The lowest BCUT2D eigenvalue weighted by molar-refractivity contribution is 0.170. The second-order valence-corrected chi connectivity index (χ2v) is 5.02. The number of aliphatic hydroxyl groups is 1. The number of ether oxygens (including phenoxy) is 3. The number of hydrogen-bond acceptors (Lipinski definition) is 5. The van der Waals surface area contributed by atoms with Crippen molar-refractivity contribution in [1.82, 2.24) is 9.78 Å². The van der Waals surface area contributed by atoms with Crippen molar-refractivity contribution < 1.29 is 19.3 Å². The minimum atomic E-state index is -0.897. The molecule has 0 amide bonds. The van der Waals surface area contributed by atoms with Gasteiger partial charge in [0.05, 0.1) is 30.1 Å². The van der Waals surface area contributed by atoms with Crippen molar-refractivity contribution >= 4 is 11.6 Å². The van der Waals surface area contributed by atoms with Gasteiger partial charge in [0.1, 0.15) is 6.10 Å². The van der Waals surface area contributed by atoms with Gasteiger partial charge in [-0.15, -0.1) is 0 Å². The molecule has 1 aliphatic heterocycles. The summed E-state index contributed by atoms with van der Waals surface area (Å²) in [5.41, 5.74) is 1.20. The van der Waals surface area contributed by atoms with Crippen LogP contribution in [0.2, 0.25) is 5.02 Å². The number of aromatic nitrogens is 2. The lowest BCUT2D eigenvalue weighted by Crippen LogP contribution is -2.13. The van der Waals surface area contributed by atoms with Gasteiger partial charge in [0.2, 0.25) is 6.79 Å². The zero-order valence-corrected chi connectivity index (χ0v) is 12.2. The summed E-state index contributed by atoms with van der Waals surface area (Å²) in [5, 5.41) is 15.2. The second kappa shape index (κ2) is 5.93. The first-order chi connectivity index (χ1) is 10.2. The fourth-order valence-corrected chi connectivity index (χ4v) is 2.49. The van der Waals surface area contributed by atoms with Gasteiger partial charge in [0.15, 0.2) is 11.5 Å². The monoisotopic (exact) mass is 310 g/mol. The normalized spacial score (nSPS) is 14.4. The predicted octanol–water partition coefficient (Wildman–Crippen LogP) is 1.99. The van der Waals surface area contributed by atoms with Crippen LogP contribution in [-0.4, -0.2) is 35.4 Å². The SMILES string of the molecule is COCCn1ncc(Cl)c1C(O)c1ccc2c(c1)OCO2. The third kappa shape index (κ3) is 2.70. The number of rotatable bonds is 5. The van der Waals surface area contributed by atoms with Crippen molar-refractivity contribution in [2.45, 2.75) is 12.6 Å². The highest BCUT2D eigenvalue weighted by atomic mass is 35.5. The van der Waals surface area contributed by atoms with Gasteiger partial charge in [-0.05, 0) is 17.7 Å². The van der Waals surface area contributed by atoms with Gasteiger partial charge >= 0.3 is 0 Å². The van der Waals surface area contributed by atoms with E-state index in [1.165, 1.54) is 6.20 Å². The van der Waals surface area contributed by atoms with Crippen LogP contribution in [0.3, 0.4) is 0 Å². The molecule has 2 aromatic rings. The third-order valence-corrected chi connectivity index (χ3v) is 3.60. The van der Waals surface area contributed by atoms with E-state index in [-0.39, 0.29) is 6.79 Å². The first-order valence-electron chi connectivity index (χ1n) is 6.48. The molecule has 112 valence electrons. The average Bonchev–Trinajstić information content (AvgIpc) is 3.10. The van der Waals surface area contributed by atoms with Gasteiger partial charge in [0.25, 0.3) is 0 Å². The Bertz CT molecular complexity index is 644. The Hall–Kier alpha value is -1.76. The quantitative estimate of drug-likeness (QED) is 0.915. The fraction of sp³-hybridized carbons (Fsp3) is 0.357. The highest BCUT2D eigenvalue weighted by Gasteiger charge is 2.22. The van der Waals surface area contributed by atoms with Crippen molar-refractivity contribution in [3.63, 3.8) is 0 Å². The molecule has 0 bridgehead atoms. The number of fused-ring (bicyclic) bond motifs is 1. The molecule has 1 unspecified atom stereocenters. The van der Waals surface area contributed by atoms with Gasteiger partial charge in [-0.25, -0.2) is 0 Å². The summed E-state index contributed by atoms with van der Waals surface area (Å²) in [4.78, 5) is 0. The summed E-state index contributed by atoms with van der Waals surface area (Å²) in [5.74, 6) is 1.29. The van der Waals surface area contributed by atoms with Crippen molar-refractivity contribution in [1.29, 1.82) is 0 Å². The van der Waals surface area contributed by atoms with Crippen LogP contribution in [0.15, 0.2) is 24.4 Å². The van der Waals surface area contributed by atoms with Crippen molar-refractivity contribution in [3.05, 3.63) is 40.7 Å². The van der Waals surface area contributed by atoms with Crippen molar-refractivity contribution in [2.75, 3.05) is 20.5 Å². The number of aliphatic hydroxyl groups excluding tert-OH is 1. The van der Waals surface area contributed by atoms with E-state index in [2.05, 4.69) is 5.10 Å². The zero-order valence-electron chi connectivity index (χ0n) is 11.5. The molecule has 7 heteroatoms. The van der Waals surface area contributed by atoms with E-state index in [0.29, 0.717) is 40.9 Å². The van der Waals surface area contributed by atoms with Crippen LogP contribution in [0.1, 0.15) is 17.4 Å². The van der Waals surface area contributed by atoms with E-state index in [9.17, 15) is 5.11 Å². The lowest BCUT2D eigenvalue weighted by Gasteiger charge is -2.15. The summed E-state index contributed by atoms with van der Waals surface area (Å²) < 4.78 is 17.3. The first kappa shape index (κ1) is 14.2. The molecule has 0 aliphatic carbocycles. The van der Waals surface area contributed by atoms with Gasteiger partial charge in [-0.3, -0.25) is 4.68 Å². The number of halogens is 1. The summed E-state index contributed by atoms with van der Waals surface area (Å²) in [6.45, 7) is 1.19. The predicted molar refractivity (Wildman–Crippen MR) is 75.7 cm³/mol. The molecule has 0 fully saturated rings. The number of methoxy groups -OCH3 is 1. The fourth-order valence-electron chi connectivity index (χ4n) is 2.24. The minimum absolute atomic E-state index is 0.196. The van der Waals surface area contributed by atoms with E-state index in [1.807, 2.05) is 0 Å². The summed E-state index contributed by atoms with van der Waals surface area (Å²) in [6.07, 6.45) is 0.620. The van der Waals surface area contributed by atoms with Gasteiger partial charge in [-0.2, -0.15) is 5.10 Å². The van der Waals surface area contributed by atoms with Gasteiger partial charge < -0.3 is 19.3 Å². The van der Waals surface area contributed by atoms with Gasteiger partial charge in [-0.1, -0.05) is 17.7 Å². The van der Waals surface area contributed by atoms with E-state index < -0.39 is 6.10 Å². The van der Waals surface area contributed by atoms with Crippen molar-refractivity contribution in [2.24, 2.45) is 0 Å². The molecule has 1 atom stereocenters. The smallest absolute Gasteiger partial charge is 0.231 e. The van der Waals surface area contributed by atoms with E-state index in [4.69, 9.17) is 25.8 Å². The summed E-state index contributed by atoms with van der Waals surface area (Å²) in [7, 11) is 1.61.